The third-order valence-electron chi connectivity index (χ3n) is 6.00. The smallest absolute Gasteiger partial charge is 0.120 e. The van der Waals surface area contributed by atoms with Gasteiger partial charge in [0, 0.05) is 37.4 Å². The Morgan fingerprint density at radius 3 is 2.54 bits per heavy atom. The number of β-amino-alcohol motifs (C(OH)–C–C–N with tert-alkyl or cyclic N) is 1. The van der Waals surface area contributed by atoms with E-state index >= 15 is 0 Å². The Morgan fingerprint density at radius 2 is 1.86 bits per heavy atom. The highest BCUT2D eigenvalue weighted by atomic mass is 35.5. The number of benzene rings is 2. The summed E-state index contributed by atoms with van der Waals surface area (Å²) in [5, 5.41) is 30.8. The van der Waals surface area contributed by atoms with Crippen molar-refractivity contribution in [1.82, 2.24) is 9.88 Å². The number of anilines is 1. The molecule has 0 radical (unpaired) electrons. The molecule has 1 aliphatic heterocycles. The summed E-state index contributed by atoms with van der Waals surface area (Å²) in [6, 6.07) is 18.8. The predicted octanol–water partition coefficient (Wildman–Crippen LogP) is 4.23. The van der Waals surface area contributed by atoms with E-state index in [0.29, 0.717) is 53.2 Å². The van der Waals surface area contributed by atoms with Gasteiger partial charge >= 0.3 is 0 Å². The number of nitriles is 1. The van der Waals surface area contributed by atoms with Gasteiger partial charge in [0.05, 0.1) is 34.6 Å². The van der Waals surface area contributed by atoms with Crippen molar-refractivity contribution in [3.8, 4) is 11.8 Å². The molecule has 0 saturated carbocycles. The van der Waals surface area contributed by atoms with Crippen LogP contribution in [-0.2, 0) is 0 Å². The van der Waals surface area contributed by atoms with Gasteiger partial charge in [-0.3, -0.25) is 9.88 Å². The number of halogens is 2. The SMILES string of the molecule is N#Cc1cc(OCCO)ccc1N1CCN(C[C@@H](O)c2ccc(Cl)cn2)C[C@H]1c1ccc(Cl)cc1. The lowest BCUT2D eigenvalue weighted by molar-refractivity contribution is 0.0975. The molecule has 3 aromatic rings. The first-order valence-corrected chi connectivity index (χ1v) is 12.1. The van der Waals surface area contributed by atoms with Crippen molar-refractivity contribution in [1.29, 1.82) is 5.26 Å². The van der Waals surface area contributed by atoms with Crippen LogP contribution in [-0.4, -0.2) is 59.5 Å². The molecule has 0 spiro atoms. The maximum atomic E-state index is 10.8. The second kappa shape index (κ2) is 11.7. The number of aliphatic hydroxyl groups excluding tert-OH is 2. The zero-order valence-corrected chi connectivity index (χ0v) is 20.5. The highest BCUT2D eigenvalue weighted by Gasteiger charge is 2.31. The topological polar surface area (TPSA) is 92.9 Å². The highest BCUT2D eigenvalue weighted by Crippen LogP contribution is 2.35. The van der Waals surface area contributed by atoms with Gasteiger partial charge in [0.2, 0.25) is 0 Å². The van der Waals surface area contributed by atoms with Gasteiger partial charge in [0.25, 0.3) is 0 Å². The van der Waals surface area contributed by atoms with Crippen LogP contribution in [0.1, 0.15) is 29.0 Å². The van der Waals surface area contributed by atoms with Crippen molar-refractivity contribution in [2.75, 3.05) is 44.3 Å². The van der Waals surface area contributed by atoms with E-state index in [-0.39, 0.29) is 19.3 Å². The van der Waals surface area contributed by atoms with Gasteiger partial charge in [-0.25, -0.2) is 0 Å². The number of piperazine rings is 1. The molecule has 2 N–H and O–H groups in total. The molecule has 1 aromatic heterocycles. The summed E-state index contributed by atoms with van der Waals surface area (Å²) in [6.45, 7) is 2.48. The van der Waals surface area contributed by atoms with Crippen molar-refractivity contribution in [2.45, 2.75) is 12.1 Å². The maximum absolute atomic E-state index is 10.8. The number of aromatic nitrogens is 1. The van der Waals surface area contributed by atoms with Crippen LogP contribution < -0.4 is 9.64 Å². The first-order valence-electron chi connectivity index (χ1n) is 11.3. The summed E-state index contributed by atoms with van der Waals surface area (Å²) in [4.78, 5) is 8.65. The lowest BCUT2D eigenvalue weighted by atomic mass is 9.99. The molecule has 9 heteroatoms. The number of aliphatic hydroxyl groups is 2. The van der Waals surface area contributed by atoms with Gasteiger partial charge < -0.3 is 19.8 Å². The van der Waals surface area contributed by atoms with E-state index in [9.17, 15) is 10.4 Å². The molecule has 182 valence electrons. The van der Waals surface area contributed by atoms with Crippen LogP contribution in [0.2, 0.25) is 10.0 Å². The van der Waals surface area contributed by atoms with Gasteiger partial charge in [0.15, 0.2) is 0 Å². The van der Waals surface area contributed by atoms with E-state index in [0.717, 1.165) is 11.3 Å². The monoisotopic (exact) mass is 512 g/mol. The fraction of sp³-hybridized carbons (Fsp3) is 0.308. The van der Waals surface area contributed by atoms with Crippen molar-refractivity contribution < 1.29 is 14.9 Å². The average molecular weight is 513 g/mol. The minimum absolute atomic E-state index is 0.0669. The Hall–Kier alpha value is -2.86. The minimum Gasteiger partial charge on any atom is -0.491 e. The zero-order chi connectivity index (χ0) is 24.8. The van der Waals surface area contributed by atoms with E-state index in [2.05, 4.69) is 20.9 Å². The molecule has 1 fully saturated rings. The molecule has 1 aliphatic rings. The van der Waals surface area contributed by atoms with Crippen LogP contribution in [0.4, 0.5) is 5.69 Å². The molecule has 35 heavy (non-hydrogen) atoms. The average Bonchev–Trinajstić information content (AvgIpc) is 2.88. The van der Waals surface area contributed by atoms with E-state index in [4.69, 9.17) is 33.0 Å². The summed E-state index contributed by atoms with van der Waals surface area (Å²) in [5.74, 6) is 0.541. The second-order valence-electron chi connectivity index (χ2n) is 8.30. The Balaban J connectivity index is 1.59. The molecule has 4 rings (SSSR count). The molecule has 0 aliphatic carbocycles. The number of hydrogen-bond donors (Lipinski definition) is 2. The summed E-state index contributed by atoms with van der Waals surface area (Å²) < 4.78 is 5.49. The molecule has 1 saturated heterocycles. The van der Waals surface area contributed by atoms with Gasteiger partial charge in [-0.1, -0.05) is 35.3 Å². The third-order valence-corrected chi connectivity index (χ3v) is 6.48. The van der Waals surface area contributed by atoms with Crippen molar-refractivity contribution in [2.24, 2.45) is 0 Å². The minimum atomic E-state index is -0.748. The molecule has 0 amide bonds. The van der Waals surface area contributed by atoms with Crippen molar-refractivity contribution in [3.63, 3.8) is 0 Å². The highest BCUT2D eigenvalue weighted by molar-refractivity contribution is 6.30. The fourth-order valence-electron chi connectivity index (χ4n) is 4.29. The lowest BCUT2D eigenvalue weighted by Crippen LogP contribution is -2.49. The molecule has 2 aromatic carbocycles. The van der Waals surface area contributed by atoms with E-state index in [1.54, 1.807) is 18.2 Å². The summed E-state index contributed by atoms with van der Waals surface area (Å²) >= 11 is 12.1. The first-order chi connectivity index (χ1) is 17.0. The fourth-order valence-corrected chi connectivity index (χ4v) is 4.53. The third kappa shape index (κ3) is 6.23. The van der Waals surface area contributed by atoms with Gasteiger partial charge in [-0.15, -0.1) is 0 Å². The van der Waals surface area contributed by atoms with Gasteiger partial charge in [0.1, 0.15) is 24.5 Å². The Bertz CT molecular complexity index is 1170. The lowest BCUT2D eigenvalue weighted by Gasteiger charge is -2.44. The predicted molar refractivity (Wildman–Crippen MR) is 136 cm³/mol. The van der Waals surface area contributed by atoms with Crippen molar-refractivity contribution in [3.05, 3.63) is 87.7 Å². The van der Waals surface area contributed by atoms with Crippen LogP contribution in [0.25, 0.3) is 0 Å². The Morgan fingerprint density at radius 1 is 1.09 bits per heavy atom. The van der Waals surface area contributed by atoms with Crippen molar-refractivity contribution >= 4 is 28.9 Å². The second-order valence-corrected chi connectivity index (χ2v) is 9.17. The molecule has 0 bridgehead atoms. The summed E-state index contributed by atoms with van der Waals surface area (Å²) in [7, 11) is 0. The van der Waals surface area contributed by atoms with E-state index in [1.807, 2.05) is 36.4 Å². The number of nitrogens with zero attached hydrogens (tertiary/aromatic N) is 4. The molecule has 7 nitrogen and oxygen atoms in total. The number of ether oxygens (including phenoxy) is 1. The standard InChI is InChI=1S/C26H26Cl2N4O3/c27-20-3-1-18(2-4-20)25-16-31(17-26(34)23-7-5-21(28)15-30-23)9-10-32(25)24-8-6-22(35-12-11-33)13-19(24)14-29/h1-8,13,15,25-26,33-34H,9-12,16-17H2/t25-,26+/m0/s1. The number of rotatable bonds is 8. The Labute approximate surface area is 214 Å². The van der Waals surface area contributed by atoms with Crippen LogP contribution in [0.15, 0.2) is 60.8 Å². The molecular weight excluding hydrogens is 487 g/mol. The summed E-state index contributed by atoms with van der Waals surface area (Å²) in [6.07, 6.45) is 0.786. The number of hydrogen-bond acceptors (Lipinski definition) is 7. The van der Waals surface area contributed by atoms with Crippen LogP contribution in [0, 0.1) is 11.3 Å². The molecule has 2 atom stereocenters. The largest absolute Gasteiger partial charge is 0.491 e. The van der Waals surface area contributed by atoms with E-state index in [1.165, 1.54) is 6.20 Å². The normalized spacial score (nSPS) is 17.1. The van der Waals surface area contributed by atoms with E-state index < -0.39 is 6.10 Å². The summed E-state index contributed by atoms with van der Waals surface area (Å²) in [5.41, 5.74) is 2.94. The zero-order valence-electron chi connectivity index (χ0n) is 19.0. The first kappa shape index (κ1) is 25.2. The Kier molecular flexibility index (Phi) is 8.45. The molecule has 0 unspecified atom stereocenters. The van der Waals surface area contributed by atoms with Crippen LogP contribution >= 0.6 is 23.2 Å². The maximum Gasteiger partial charge on any atom is 0.120 e. The quantitative estimate of drug-likeness (QED) is 0.466. The molecular formula is C26H26Cl2N4O3. The van der Waals surface area contributed by atoms with Crippen LogP contribution in [0.5, 0.6) is 5.75 Å². The van der Waals surface area contributed by atoms with Crippen LogP contribution in [0.3, 0.4) is 0 Å². The number of pyridine rings is 1. The van der Waals surface area contributed by atoms with Gasteiger partial charge in [-0.2, -0.15) is 5.26 Å². The molecule has 2 heterocycles. The van der Waals surface area contributed by atoms with Gasteiger partial charge in [-0.05, 0) is 48.0 Å².